The molecule has 0 unspecified atom stereocenters. The number of sulfonamides is 1. The summed E-state index contributed by atoms with van der Waals surface area (Å²) >= 11 is 3.37. The van der Waals surface area contributed by atoms with E-state index >= 15 is 0 Å². The number of aryl methyl sites for hydroxylation is 1. The minimum absolute atomic E-state index is 0.0817. The highest BCUT2D eigenvalue weighted by Crippen LogP contribution is 2.35. The monoisotopic (exact) mass is 407 g/mol. The number of halogens is 1. The molecule has 1 heterocycles. The number of benzene rings is 2. The molecule has 0 amide bonds. The van der Waals surface area contributed by atoms with Gasteiger partial charge < -0.3 is 0 Å². The molecule has 2 aromatic rings. The Morgan fingerprint density at radius 2 is 1.62 bits per heavy atom. The molecule has 1 aliphatic rings. The van der Waals surface area contributed by atoms with Gasteiger partial charge in [-0.3, -0.25) is 0 Å². The zero-order valence-electron chi connectivity index (χ0n) is 13.8. The first-order valence-corrected chi connectivity index (χ1v) is 10.6. The van der Waals surface area contributed by atoms with Crippen LogP contribution in [0, 0.1) is 6.92 Å². The summed E-state index contributed by atoms with van der Waals surface area (Å²) in [7, 11) is -3.50. The van der Waals surface area contributed by atoms with Crippen LogP contribution in [-0.4, -0.2) is 19.3 Å². The van der Waals surface area contributed by atoms with E-state index in [2.05, 4.69) is 40.2 Å². The van der Waals surface area contributed by atoms with Crippen molar-refractivity contribution < 1.29 is 8.42 Å². The molecular formula is C19H22BrNO2S. The normalized spacial score (nSPS) is 19.8. The summed E-state index contributed by atoms with van der Waals surface area (Å²) in [5.41, 5.74) is 2.28. The standard InChI is InChI=1S/C19H22BrNO2S/c1-15-6-8-16(9-7-15)19-5-3-2-4-14-21(19)24(22,23)18-12-10-17(20)11-13-18/h6-13,19H,2-5,14H2,1H3/t19-/m0/s1. The predicted molar refractivity (Wildman–Crippen MR) is 100 cm³/mol. The Labute approximate surface area is 152 Å². The van der Waals surface area contributed by atoms with Crippen LogP contribution in [0.5, 0.6) is 0 Å². The summed E-state index contributed by atoms with van der Waals surface area (Å²) in [6.45, 7) is 2.63. The van der Waals surface area contributed by atoms with Crippen LogP contribution in [0.4, 0.5) is 0 Å². The van der Waals surface area contributed by atoms with Gasteiger partial charge in [0.05, 0.1) is 10.9 Å². The average molecular weight is 408 g/mol. The van der Waals surface area contributed by atoms with Crippen LogP contribution in [0.3, 0.4) is 0 Å². The molecule has 3 rings (SSSR count). The Bertz CT molecular complexity index is 785. The molecule has 0 aromatic heterocycles. The largest absolute Gasteiger partial charge is 0.243 e. The summed E-state index contributed by atoms with van der Waals surface area (Å²) in [5.74, 6) is 0. The lowest BCUT2D eigenvalue weighted by Gasteiger charge is -2.29. The summed E-state index contributed by atoms with van der Waals surface area (Å²) in [6.07, 6.45) is 3.93. The Balaban J connectivity index is 2.00. The molecule has 24 heavy (non-hydrogen) atoms. The topological polar surface area (TPSA) is 37.4 Å². The zero-order chi connectivity index (χ0) is 17.2. The van der Waals surface area contributed by atoms with Gasteiger partial charge in [0.15, 0.2) is 0 Å². The molecule has 1 aliphatic heterocycles. The maximum atomic E-state index is 13.2. The fourth-order valence-corrected chi connectivity index (χ4v) is 5.18. The van der Waals surface area contributed by atoms with Crippen molar-refractivity contribution >= 4 is 26.0 Å². The van der Waals surface area contributed by atoms with E-state index < -0.39 is 10.0 Å². The van der Waals surface area contributed by atoms with Crippen molar-refractivity contribution in [1.29, 1.82) is 0 Å². The maximum Gasteiger partial charge on any atom is 0.243 e. The van der Waals surface area contributed by atoms with Crippen molar-refractivity contribution in [3.63, 3.8) is 0 Å². The van der Waals surface area contributed by atoms with E-state index in [1.807, 2.05) is 6.92 Å². The predicted octanol–water partition coefficient (Wildman–Crippen LogP) is 5.06. The summed E-state index contributed by atoms with van der Waals surface area (Å²) in [4.78, 5) is 0.365. The SMILES string of the molecule is Cc1ccc([C@@H]2CCCCCN2S(=O)(=O)c2ccc(Br)cc2)cc1. The summed E-state index contributed by atoms with van der Waals surface area (Å²) in [6, 6.07) is 15.1. The minimum atomic E-state index is -3.50. The number of hydrogen-bond acceptors (Lipinski definition) is 2. The lowest BCUT2D eigenvalue weighted by Crippen LogP contribution is -2.34. The van der Waals surface area contributed by atoms with Gasteiger partial charge in [-0.05, 0) is 49.6 Å². The lowest BCUT2D eigenvalue weighted by molar-refractivity contribution is 0.329. The van der Waals surface area contributed by atoms with Crippen molar-refractivity contribution in [2.45, 2.75) is 43.5 Å². The summed E-state index contributed by atoms with van der Waals surface area (Å²) in [5, 5.41) is 0. The number of hydrogen-bond donors (Lipinski definition) is 0. The van der Waals surface area contributed by atoms with Gasteiger partial charge in [0.2, 0.25) is 10.0 Å². The third-order valence-electron chi connectivity index (χ3n) is 4.59. The molecule has 1 atom stereocenters. The molecule has 3 nitrogen and oxygen atoms in total. The molecule has 0 saturated carbocycles. The van der Waals surface area contributed by atoms with Crippen molar-refractivity contribution in [2.75, 3.05) is 6.54 Å². The van der Waals surface area contributed by atoms with Crippen molar-refractivity contribution in [1.82, 2.24) is 4.31 Å². The van der Waals surface area contributed by atoms with Gasteiger partial charge in [-0.1, -0.05) is 58.6 Å². The molecule has 5 heteroatoms. The Kier molecular flexibility index (Phi) is 5.42. The molecule has 0 spiro atoms. The lowest BCUT2D eigenvalue weighted by atomic mass is 10.0. The minimum Gasteiger partial charge on any atom is -0.207 e. The van der Waals surface area contributed by atoms with Crippen LogP contribution in [-0.2, 0) is 10.0 Å². The molecule has 1 saturated heterocycles. The fraction of sp³-hybridized carbons (Fsp3) is 0.368. The van der Waals surface area contributed by atoms with E-state index in [1.54, 1.807) is 28.6 Å². The Morgan fingerprint density at radius 1 is 0.958 bits per heavy atom. The first kappa shape index (κ1) is 17.6. The first-order chi connectivity index (χ1) is 11.5. The summed E-state index contributed by atoms with van der Waals surface area (Å²) < 4.78 is 29.0. The second kappa shape index (κ2) is 7.38. The maximum absolute atomic E-state index is 13.2. The molecule has 0 radical (unpaired) electrons. The van der Waals surface area contributed by atoms with E-state index in [1.165, 1.54) is 5.56 Å². The van der Waals surface area contributed by atoms with E-state index in [0.29, 0.717) is 11.4 Å². The van der Waals surface area contributed by atoms with E-state index in [0.717, 1.165) is 35.7 Å². The second-order valence-corrected chi connectivity index (χ2v) is 9.15. The van der Waals surface area contributed by atoms with Gasteiger partial charge in [0.25, 0.3) is 0 Å². The highest BCUT2D eigenvalue weighted by molar-refractivity contribution is 9.10. The number of nitrogens with zero attached hydrogens (tertiary/aromatic N) is 1. The third kappa shape index (κ3) is 3.73. The van der Waals surface area contributed by atoms with Gasteiger partial charge in [-0.15, -0.1) is 0 Å². The van der Waals surface area contributed by atoms with Gasteiger partial charge in [0, 0.05) is 11.0 Å². The molecule has 1 fully saturated rings. The van der Waals surface area contributed by atoms with Crippen molar-refractivity contribution in [2.24, 2.45) is 0 Å². The van der Waals surface area contributed by atoms with E-state index in [-0.39, 0.29) is 6.04 Å². The van der Waals surface area contributed by atoms with Crippen LogP contribution in [0.1, 0.15) is 42.9 Å². The van der Waals surface area contributed by atoms with E-state index in [9.17, 15) is 8.42 Å². The smallest absolute Gasteiger partial charge is 0.207 e. The third-order valence-corrected chi connectivity index (χ3v) is 7.04. The zero-order valence-corrected chi connectivity index (χ0v) is 16.2. The molecule has 0 bridgehead atoms. The van der Waals surface area contributed by atoms with Crippen molar-refractivity contribution in [3.8, 4) is 0 Å². The van der Waals surface area contributed by atoms with Crippen LogP contribution in [0.15, 0.2) is 57.9 Å². The molecule has 128 valence electrons. The molecule has 0 N–H and O–H groups in total. The quantitative estimate of drug-likeness (QED) is 0.712. The van der Waals surface area contributed by atoms with Gasteiger partial charge in [-0.25, -0.2) is 8.42 Å². The first-order valence-electron chi connectivity index (χ1n) is 8.32. The average Bonchev–Trinajstić information content (AvgIpc) is 2.82. The van der Waals surface area contributed by atoms with Crippen LogP contribution < -0.4 is 0 Å². The highest BCUT2D eigenvalue weighted by Gasteiger charge is 2.33. The highest BCUT2D eigenvalue weighted by atomic mass is 79.9. The Morgan fingerprint density at radius 3 is 2.29 bits per heavy atom. The molecule has 2 aromatic carbocycles. The van der Waals surface area contributed by atoms with Crippen LogP contribution >= 0.6 is 15.9 Å². The van der Waals surface area contributed by atoms with Gasteiger partial charge in [-0.2, -0.15) is 4.31 Å². The number of rotatable bonds is 3. The second-order valence-electron chi connectivity index (χ2n) is 6.35. The van der Waals surface area contributed by atoms with Gasteiger partial charge >= 0.3 is 0 Å². The fourth-order valence-electron chi connectivity index (χ4n) is 3.23. The van der Waals surface area contributed by atoms with Crippen LogP contribution in [0.25, 0.3) is 0 Å². The van der Waals surface area contributed by atoms with E-state index in [4.69, 9.17) is 0 Å². The molecular weight excluding hydrogens is 386 g/mol. The Hall–Kier alpha value is -1.17. The van der Waals surface area contributed by atoms with Crippen molar-refractivity contribution in [3.05, 3.63) is 64.1 Å². The van der Waals surface area contributed by atoms with Gasteiger partial charge in [0.1, 0.15) is 0 Å². The van der Waals surface area contributed by atoms with Crippen LogP contribution in [0.2, 0.25) is 0 Å². The molecule has 0 aliphatic carbocycles.